The maximum Gasteiger partial charge on any atom is 0.413 e. The summed E-state index contributed by atoms with van der Waals surface area (Å²) >= 11 is 18.4. The number of carboxylic acid groups (broad SMARTS) is 1. The van der Waals surface area contributed by atoms with Gasteiger partial charge >= 0.3 is 24.1 Å². The summed E-state index contributed by atoms with van der Waals surface area (Å²) in [5.74, 6) is -1.29. The Morgan fingerprint density at radius 2 is 1.10 bits per heavy atom. The molecule has 4 atom stereocenters. The van der Waals surface area contributed by atoms with Gasteiger partial charge in [-0.3, -0.25) is 29.0 Å². The molecule has 0 radical (unpaired) electrons. The lowest BCUT2D eigenvalue weighted by Gasteiger charge is -2.43. The van der Waals surface area contributed by atoms with Crippen LogP contribution >= 0.6 is 34.8 Å². The summed E-state index contributed by atoms with van der Waals surface area (Å²) < 4.78 is 25.7. The van der Waals surface area contributed by atoms with Crippen molar-refractivity contribution in [3.8, 4) is 0 Å². The van der Waals surface area contributed by atoms with Crippen molar-refractivity contribution in [3.05, 3.63) is 69.7 Å². The van der Waals surface area contributed by atoms with Crippen molar-refractivity contribution < 1.29 is 57.6 Å². The second-order valence-electron chi connectivity index (χ2n) is 16.8. The molecule has 336 valence electrons. The number of likely N-dealkylation sites (N-methyl/N-ethyl adjacent to an activating group) is 2. The van der Waals surface area contributed by atoms with Gasteiger partial charge in [-0.25, -0.2) is 9.59 Å². The van der Waals surface area contributed by atoms with E-state index in [2.05, 4.69) is 0 Å². The van der Waals surface area contributed by atoms with Crippen LogP contribution in [-0.4, -0.2) is 103 Å². The number of halogens is 3. The highest BCUT2D eigenvalue weighted by atomic mass is 35.5. The van der Waals surface area contributed by atoms with Crippen LogP contribution in [0.5, 0.6) is 0 Å². The number of carbonyl (C=O) groups excluding carboxylic acids is 5. The molecule has 2 aliphatic carbocycles. The van der Waals surface area contributed by atoms with Gasteiger partial charge in [0.25, 0.3) is 0 Å². The zero-order chi connectivity index (χ0) is 45.2. The monoisotopic (exact) mass is 910 g/mol. The maximum atomic E-state index is 13.1. The molecule has 2 amide bonds. The van der Waals surface area contributed by atoms with Gasteiger partial charge < -0.3 is 28.8 Å². The number of rotatable bonds is 11. The molecule has 4 fully saturated rings. The number of esters is 1. The fourth-order valence-electron chi connectivity index (χ4n) is 8.08. The van der Waals surface area contributed by atoms with E-state index in [1.165, 1.54) is 23.8 Å². The third-order valence-corrected chi connectivity index (χ3v) is 12.2. The number of aliphatic carboxylic acids is 1. The summed E-state index contributed by atoms with van der Waals surface area (Å²) in [5.41, 5.74) is -2.14. The van der Waals surface area contributed by atoms with E-state index in [4.69, 9.17) is 63.6 Å². The minimum atomic E-state index is -1.20. The first-order chi connectivity index (χ1) is 28.7. The summed E-state index contributed by atoms with van der Waals surface area (Å²) in [7, 11) is 3.09. The predicted octanol–water partition coefficient (Wildman–Crippen LogP) is 8.89. The molecule has 2 saturated carbocycles. The fourth-order valence-corrected chi connectivity index (χ4v) is 8.74. The quantitative estimate of drug-likeness (QED) is 0.129. The Labute approximate surface area is 372 Å². The molecule has 4 aliphatic rings. The Morgan fingerprint density at radius 1 is 0.689 bits per heavy atom. The van der Waals surface area contributed by atoms with Crippen LogP contribution < -0.4 is 0 Å². The van der Waals surface area contributed by atoms with E-state index in [0.29, 0.717) is 73.3 Å². The molecule has 2 unspecified atom stereocenters. The van der Waals surface area contributed by atoms with Crippen molar-refractivity contribution in [1.29, 1.82) is 0 Å². The van der Waals surface area contributed by atoms with Crippen LogP contribution in [0.15, 0.2) is 48.5 Å². The lowest BCUT2D eigenvalue weighted by atomic mass is 9.74. The summed E-state index contributed by atoms with van der Waals surface area (Å²) in [6.07, 6.45) is 2.91. The lowest BCUT2D eigenvalue weighted by molar-refractivity contribution is -0.179. The van der Waals surface area contributed by atoms with Crippen LogP contribution in [0.1, 0.15) is 103 Å². The van der Waals surface area contributed by atoms with Crippen molar-refractivity contribution in [2.75, 3.05) is 40.5 Å². The number of Topliss-reactive ketones (excluding diaryl/α,β-unsaturated/α-hetero) is 2. The van der Waals surface area contributed by atoms with Gasteiger partial charge in [-0.15, -0.1) is 0 Å². The van der Waals surface area contributed by atoms with Gasteiger partial charge in [0.1, 0.15) is 11.1 Å². The second kappa shape index (κ2) is 21.4. The van der Waals surface area contributed by atoms with Crippen LogP contribution in [0.2, 0.25) is 10.0 Å². The van der Waals surface area contributed by atoms with Gasteiger partial charge in [-0.2, -0.15) is 0 Å². The molecule has 17 heteroatoms. The van der Waals surface area contributed by atoms with E-state index in [0.717, 1.165) is 25.7 Å². The molecule has 14 nitrogen and oxygen atoms in total. The first-order valence-corrected chi connectivity index (χ1v) is 21.6. The number of carboxylic acids is 1. The van der Waals surface area contributed by atoms with Gasteiger partial charge in [-0.1, -0.05) is 85.0 Å². The van der Waals surface area contributed by atoms with Gasteiger partial charge in [-0.05, 0) is 57.6 Å². The first kappa shape index (κ1) is 49.7. The van der Waals surface area contributed by atoms with Crippen molar-refractivity contribution in [1.82, 2.24) is 9.80 Å². The van der Waals surface area contributed by atoms with Gasteiger partial charge in [0.2, 0.25) is 6.29 Å². The van der Waals surface area contributed by atoms with Gasteiger partial charge in [0.15, 0.2) is 17.1 Å². The van der Waals surface area contributed by atoms with Gasteiger partial charge in [0, 0.05) is 65.9 Å². The third-order valence-electron chi connectivity index (χ3n) is 11.4. The van der Waals surface area contributed by atoms with E-state index in [1.54, 1.807) is 56.4 Å². The van der Waals surface area contributed by atoms with E-state index >= 15 is 0 Å². The van der Waals surface area contributed by atoms with Crippen LogP contribution in [0.25, 0.3) is 0 Å². The predicted molar refractivity (Wildman–Crippen MR) is 227 cm³/mol. The molecule has 2 aromatic rings. The highest BCUT2D eigenvalue weighted by Gasteiger charge is 2.50. The van der Waals surface area contributed by atoms with E-state index in [-0.39, 0.29) is 35.2 Å². The average molecular weight is 912 g/mol. The SMILES string of the molecule is CC(Cl)OC(=O)N(C)[C@]1(c2ccccc2Cl)CCCCC1=O.CC(OC(=O)CC1(C)COC1)OC(=O)N(C)[C@]1(c2ccccc2Cl)CCCCC1=O.CC1(CC(=O)O)COC1. The molecule has 0 aromatic heterocycles. The molecule has 1 N–H and O–H groups in total. The van der Waals surface area contributed by atoms with Crippen molar-refractivity contribution in [2.45, 2.75) is 115 Å². The third kappa shape index (κ3) is 12.2. The molecule has 2 saturated heterocycles. The Balaban J connectivity index is 0.000000230. The number of amides is 2. The topological polar surface area (TPSA) is 175 Å². The van der Waals surface area contributed by atoms with Crippen molar-refractivity contribution >= 4 is 70.5 Å². The Bertz CT molecular complexity index is 1900. The molecule has 2 heterocycles. The lowest BCUT2D eigenvalue weighted by Crippen LogP contribution is -2.54. The van der Waals surface area contributed by atoms with Crippen LogP contribution in [0.4, 0.5) is 9.59 Å². The Hall–Kier alpha value is -3.95. The summed E-state index contributed by atoms with van der Waals surface area (Å²) in [6.45, 7) is 9.09. The minimum Gasteiger partial charge on any atom is -0.481 e. The van der Waals surface area contributed by atoms with Gasteiger partial charge in [0.05, 0.1) is 39.3 Å². The molecule has 6 rings (SSSR count). The second-order valence-corrected chi connectivity index (χ2v) is 18.2. The number of nitrogens with zero attached hydrogens (tertiary/aromatic N) is 2. The number of ether oxygens (including phenoxy) is 5. The molecule has 2 aliphatic heterocycles. The van der Waals surface area contributed by atoms with Crippen LogP contribution in [0.3, 0.4) is 0 Å². The smallest absolute Gasteiger partial charge is 0.413 e. The standard InChI is InChI=1S/C22H28ClNO6.C16H19Cl2NO3.C6H10O3/c1-15(29-19(26)12-21(2)13-28-14-21)30-20(27)24(3)22(11-7-6-10-18(22)25)16-8-4-5-9-17(16)23;1-11(17)22-15(21)19(2)16(10-6-5-9-14(16)20)12-7-3-4-8-13(12)18;1-6(2-5(7)8)3-9-4-6/h4-5,8-9,15H,6-7,10-14H2,1-3H3;3-4,7-8,11H,5-6,9-10H2,1-2H3;2-4H2,1H3,(H,7,8)/t15?,22-;11?,16-;/m00./s1. The summed E-state index contributed by atoms with van der Waals surface area (Å²) in [4.78, 5) is 76.0. The van der Waals surface area contributed by atoms with Crippen molar-refractivity contribution in [3.63, 3.8) is 0 Å². The number of hydrogen-bond donors (Lipinski definition) is 1. The Kier molecular flexibility index (Phi) is 17.5. The van der Waals surface area contributed by atoms with E-state index < -0.39 is 47.1 Å². The molecule has 0 spiro atoms. The highest BCUT2D eigenvalue weighted by Crippen LogP contribution is 2.44. The number of carbonyl (C=O) groups is 6. The zero-order valence-corrected chi connectivity index (χ0v) is 37.9. The molecular weight excluding hydrogens is 855 g/mol. The number of hydrogen-bond acceptors (Lipinski definition) is 11. The highest BCUT2D eigenvalue weighted by molar-refractivity contribution is 6.32. The normalized spacial score (nSPS) is 23.4. The number of benzene rings is 2. The number of ketones is 2. The fraction of sp³-hybridized carbons (Fsp3) is 0.591. The average Bonchev–Trinajstić information content (AvgIpc) is 3.17. The zero-order valence-electron chi connectivity index (χ0n) is 35.6. The maximum absolute atomic E-state index is 13.1. The molecule has 2 aromatic carbocycles. The number of alkyl halides is 1. The summed E-state index contributed by atoms with van der Waals surface area (Å²) in [5, 5.41) is 9.25. The molecule has 61 heavy (non-hydrogen) atoms. The molecular formula is C44H57Cl3N2O12. The van der Waals surface area contributed by atoms with E-state index in [1.807, 2.05) is 19.9 Å². The minimum absolute atomic E-state index is 0.0199. The summed E-state index contributed by atoms with van der Waals surface area (Å²) in [6, 6.07) is 14.2. The molecule has 0 bridgehead atoms. The largest absolute Gasteiger partial charge is 0.481 e. The first-order valence-electron chi connectivity index (χ1n) is 20.4. The van der Waals surface area contributed by atoms with Crippen molar-refractivity contribution in [2.24, 2.45) is 10.8 Å². The van der Waals surface area contributed by atoms with Crippen LogP contribution in [0, 0.1) is 10.8 Å². The van der Waals surface area contributed by atoms with Crippen LogP contribution in [-0.2, 0) is 53.9 Å². The van der Waals surface area contributed by atoms with E-state index in [9.17, 15) is 28.8 Å². The Morgan fingerprint density at radius 3 is 1.44 bits per heavy atom.